The Morgan fingerprint density at radius 1 is 1.26 bits per heavy atom. The van der Waals surface area contributed by atoms with Crippen LogP contribution in [0.4, 0.5) is 0 Å². The first kappa shape index (κ1) is 14.5. The Kier molecular flexibility index (Phi) is 4.64. The molecular formula is C17H27NO. The zero-order valence-corrected chi connectivity index (χ0v) is 12.2. The van der Waals surface area contributed by atoms with Crippen molar-refractivity contribution in [1.29, 1.82) is 0 Å². The molecule has 2 heteroatoms. The molecule has 1 aromatic rings. The van der Waals surface area contributed by atoms with Gasteiger partial charge in [-0.3, -0.25) is 0 Å². The lowest BCUT2D eigenvalue weighted by atomic mass is 9.63. The van der Waals surface area contributed by atoms with Gasteiger partial charge in [-0.15, -0.1) is 0 Å². The maximum Gasteiger partial charge on any atom is 0.0676 e. The highest BCUT2D eigenvalue weighted by Gasteiger charge is 2.43. The fraction of sp³-hybridized carbons (Fsp3) is 0.647. The summed E-state index contributed by atoms with van der Waals surface area (Å²) in [5.74, 6) is 0.342. The summed E-state index contributed by atoms with van der Waals surface area (Å²) in [6.45, 7) is 4.87. The molecule has 2 unspecified atom stereocenters. The SMILES string of the molecule is CCC(CC)C(O)C1(CN)CCCc2ccccc21. The molecule has 0 saturated carbocycles. The van der Waals surface area contributed by atoms with Crippen molar-refractivity contribution in [2.45, 2.75) is 57.5 Å². The summed E-state index contributed by atoms with van der Waals surface area (Å²) in [5, 5.41) is 11.0. The largest absolute Gasteiger partial charge is 0.392 e. The van der Waals surface area contributed by atoms with E-state index < -0.39 is 0 Å². The Morgan fingerprint density at radius 2 is 1.95 bits per heavy atom. The number of benzene rings is 1. The smallest absolute Gasteiger partial charge is 0.0676 e. The molecule has 0 radical (unpaired) electrons. The second-order valence-electron chi connectivity index (χ2n) is 5.89. The number of rotatable bonds is 5. The molecule has 2 nitrogen and oxygen atoms in total. The monoisotopic (exact) mass is 261 g/mol. The van der Waals surface area contributed by atoms with Crippen molar-refractivity contribution >= 4 is 0 Å². The first-order chi connectivity index (χ1) is 9.19. The molecule has 0 spiro atoms. The quantitative estimate of drug-likeness (QED) is 0.856. The van der Waals surface area contributed by atoms with E-state index in [9.17, 15) is 5.11 Å². The molecule has 0 saturated heterocycles. The van der Waals surface area contributed by atoms with Crippen LogP contribution in [0.3, 0.4) is 0 Å². The van der Waals surface area contributed by atoms with Crippen molar-refractivity contribution in [2.24, 2.45) is 11.7 Å². The van der Waals surface area contributed by atoms with Crippen LogP contribution in [-0.4, -0.2) is 17.8 Å². The summed E-state index contributed by atoms with van der Waals surface area (Å²) in [7, 11) is 0. The summed E-state index contributed by atoms with van der Waals surface area (Å²) in [4.78, 5) is 0. The molecule has 0 fully saturated rings. The fourth-order valence-electron chi connectivity index (χ4n) is 3.78. The Bertz CT molecular complexity index is 413. The number of aliphatic hydroxyl groups is 1. The summed E-state index contributed by atoms with van der Waals surface area (Å²) >= 11 is 0. The van der Waals surface area contributed by atoms with E-state index in [1.165, 1.54) is 11.1 Å². The minimum absolute atomic E-state index is 0.231. The van der Waals surface area contributed by atoms with Crippen molar-refractivity contribution in [3.8, 4) is 0 Å². The first-order valence-corrected chi connectivity index (χ1v) is 7.66. The highest BCUT2D eigenvalue weighted by molar-refractivity contribution is 5.38. The van der Waals surface area contributed by atoms with Crippen LogP contribution < -0.4 is 5.73 Å². The summed E-state index contributed by atoms with van der Waals surface area (Å²) in [6.07, 6.45) is 4.97. The van der Waals surface area contributed by atoms with Crippen molar-refractivity contribution in [3.05, 3.63) is 35.4 Å². The summed E-state index contributed by atoms with van der Waals surface area (Å²) < 4.78 is 0. The average molecular weight is 261 g/mol. The van der Waals surface area contributed by atoms with Crippen molar-refractivity contribution in [1.82, 2.24) is 0 Å². The van der Waals surface area contributed by atoms with Gasteiger partial charge >= 0.3 is 0 Å². The Morgan fingerprint density at radius 3 is 2.58 bits per heavy atom. The number of nitrogens with two attached hydrogens (primary N) is 1. The predicted octanol–water partition coefficient (Wildman–Crippen LogP) is 3.02. The van der Waals surface area contributed by atoms with Crippen molar-refractivity contribution in [2.75, 3.05) is 6.54 Å². The standard InChI is InChI=1S/C17H27NO/c1-3-13(4-2)16(19)17(12-18)11-7-9-14-8-5-6-10-15(14)17/h5-6,8,10,13,16,19H,3-4,7,9,11-12,18H2,1-2H3. The van der Waals surface area contributed by atoms with Gasteiger partial charge in [0.1, 0.15) is 0 Å². The van der Waals surface area contributed by atoms with Crippen LogP contribution in [-0.2, 0) is 11.8 Å². The molecule has 0 bridgehead atoms. The van der Waals surface area contributed by atoms with Gasteiger partial charge in [-0.05, 0) is 36.3 Å². The van der Waals surface area contributed by atoms with Crippen LogP contribution in [0.25, 0.3) is 0 Å². The van der Waals surface area contributed by atoms with Gasteiger partial charge in [0.25, 0.3) is 0 Å². The molecule has 0 amide bonds. The van der Waals surface area contributed by atoms with Gasteiger partial charge in [0.2, 0.25) is 0 Å². The van der Waals surface area contributed by atoms with Crippen molar-refractivity contribution < 1.29 is 5.11 Å². The Labute approximate surface area is 117 Å². The maximum atomic E-state index is 11.0. The van der Waals surface area contributed by atoms with Gasteiger partial charge < -0.3 is 10.8 Å². The lowest BCUT2D eigenvalue weighted by Crippen LogP contribution is -2.51. The molecule has 106 valence electrons. The van der Waals surface area contributed by atoms with Gasteiger partial charge in [-0.2, -0.15) is 0 Å². The second-order valence-corrected chi connectivity index (χ2v) is 5.89. The maximum absolute atomic E-state index is 11.0. The highest BCUT2D eigenvalue weighted by Crippen LogP contribution is 2.42. The van der Waals surface area contributed by atoms with Crippen LogP contribution in [0, 0.1) is 5.92 Å². The topological polar surface area (TPSA) is 46.2 Å². The Hall–Kier alpha value is -0.860. The molecule has 0 aliphatic heterocycles. The molecule has 1 aromatic carbocycles. The number of aryl methyl sites for hydroxylation is 1. The number of hydrogen-bond acceptors (Lipinski definition) is 2. The van der Waals surface area contributed by atoms with E-state index in [-0.39, 0.29) is 11.5 Å². The van der Waals surface area contributed by atoms with Gasteiger partial charge in [-0.1, -0.05) is 51.0 Å². The minimum Gasteiger partial charge on any atom is -0.392 e. The number of aliphatic hydroxyl groups excluding tert-OH is 1. The molecule has 0 heterocycles. The van der Waals surface area contributed by atoms with Crippen LogP contribution in [0.15, 0.2) is 24.3 Å². The molecule has 2 atom stereocenters. The normalized spacial score (nSPS) is 24.3. The van der Waals surface area contributed by atoms with Crippen LogP contribution in [0.2, 0.25) is 0 Å². The molecule has 19 heavy (non-hydrogen) atoms. The van der Waals surface area contributed by atoms with Gasteiger partial charge in [0.15, 0.2) is 0 Å². The first-order valence-electron chi connectivity index (χ1n) is 7.66. The van der Waals surface area contributed by atoms with Crippen LogP contribution >= 0.6 is 0 Å². The van der Waals surface area contributed by atoms with E-state index in [4.69, 9.17) is 5.73 Å². The average Bonchev–Trinajstić information content (AvgIpc) is 2.47. The van der Waals surface area contributed by atoms with E-state index in [0.29, 0.717) is 12.5 Å². The minimum atomic E-state index is -0.325. The van der Waals surface area contributed by atoms with E-state index in [1.54, 1.807) is 0 Å². The number of fused-ring (bicyclic) bond motifs is 1. The third kappa shape index (κ3) is 2.44. The van der Waals surface area contributed by atoms with Gasteiger partial charge in [0.05, 0.1) is 6.10 Å². The predicted molar refractivity (Wildman–Crippen MR) is 80.2 cm³/mol. The molecule has 1 aliphatic rings. The lowest BCUT2D eigenvalue weighted by Gasteiger charge is -2.44. The third-order valence-corrected chi connectivity index (χ3v) is 5.05. The number of hydrogen-bond donors (Lipinski definition) is 2. The van der Waals surface area contributed by atoms with Gasteiger partial charge in [0, 0.05) is 12.0 Å². The van der Waals surface area contributed by atoms with Crippen LogP contribution in [0.1, 0.15) is 50.7 Å². The zero-order valence-electron chi connectivity index (χ0n) is 12.2. The second kappa shape index (κ2) is 6.06. The third-order valence-electron chi connectivity index (χ3n) is 5.05. The van der Waals surface area contributed by atoms with E-state index in [1.807, 2.05) is 0 Å². The molecule has 3 N–H and O–H groups in total. The molecular weight excluding hydrogens is 234 g/mol. The highest BCUT2D eigenvalue weighted by atomic mass is 16.3. The van der Waals surface area contributed by atoms with E-state index in [2.05, 4.69) is 38.1 Å². The molecule has 2 rings (SSSR count). The molecule has 1 aliphatic carbocycles. The van der Waals surface area contributed by atoms with E-state index in [0.717, 1.165) is 32.1 Å². The summed E-state index contributed by atoms with van der Waals surface area (Å²) in [5.41, 5.74) is 8.58. The fourth-order valence-corrected chi connectivity index (χ4v) is 3.78. The molecule has 0 aromatic heterocycles. The zero-order chi connectivity index (χ0) is 13.9. The Balaban J connectivity index is 2.44. The summed E-state index contributed by atoms with van der Waals surface area (Å²) in [6, 6.07) is 8.54. The van der Waals surface area contributed by atoms with E-state index >= 15 is 0 Å². The lowest BCUT2D eigenvalue weighted by molar-refractivity contribution is 0.0184. The van der Waals surface area contributed by atoms with Crippen molar-refractivity contribution in [3.63, 3.8) is 0 Å². The van der Waals surface area contributed by atoms with Crippen LogP contribution in [0.5, 0.6) is 0 Å². The van der Waals surface area contributed by atoms with Gasteiger partial charge in [-0.25, -0.2) is 0 Å².